The van der Waals surface area contributed by atoms with Gasteiger partial charge in [-0.15, -0.1) is 0 Å². The predicted molar refractivity (Wildman–Crippen MR) is 85.2 cm³/mol. The lowest BCUT2D eigenvalue weighted by Crippen LogP contribution is -2.36. The van der Waals surface area contributed by atoms with Crippen LogP contribution in [-0.2, 0) is 17.7 Å². The summed E-state index contributed by atoms with van der Waals surface area (Å²) >= 11 is 0. The molecular weight excluding hydrogens is 262 g/mol. The van der Waals surface area contributed by atoms with E-state index in [4.69, 9.17) is 15.5 Å². The molecule has 3 atom stereocenters. The van der Waals surface area contributed by atoms with Crippen LogP contribution in [-0.4, -0.2) is 28.3 Å². The van der Waals surface area contributed by atoms with Gasteiger partial charge < -0.3 is 15.0 Å². The summed E-state index contributed by atoms with van der Waals surface area (Å²) in [7, 11) is 0. The minimum atomic E-state index is 0.120. The zero-order valence-electron chi connectivity index (χ0n) is 13.0. The van der Waals surface area contributed by atoms with E-state index < -0.39 is 0 Å². The zero-order valence-corrected chi connectivity index (χ0v) is 13.0. The van der Waals surface area contributed by atoms with E-state index in [9.17, 15) is 0 Å². The number of nitrogens with two attached hydrogens (primary N) is 1. The fourth-order valence-electron chi connectivity index (χ4n) is 3.43. The molecule has 21 heavy (non-hydrogen) atoms. The van der Waals surface area contributed by atoms with Gasteiger partial charge in [-0.25, -0.2) is 4.98 Å². The van der Waals surface area contributed by atoms with E-state index in [1.54, 1.807) is 0 Å². The average molecular weight is 287 g/mol. The number of hydrogen-bond donors (Lipinski definition) is 1. The van der Waals surface area contributed by atoms with Crippen molar-refractivity contribution in [2.45, 2.75) is 51.8 Å². The Kier molecular flexibility index (Phi) is 4.27. The van der Waals surface area contributed by atoms with Gasteiger partial charge in [-0.1, -0.05) is 19.1 Å². The standard InChI is InChI=1S/C17H25N3O/c1-3-9-20-16-7-5-4-6-15(16)19-17(20)11-14(18)13-8-10-21-12(13)2/h4-7,12-14H,3,8-11,18H2,1-2H3. The van der Waals surface area contributed by atoms with Crippen LogP contribution in [0.15, 0.2) is 24.3 Å². The number of fused-ring (bicyclic) bond motifs is 1. The van der Waals surface area contributed by atoms with Crippen LogP contribution in [0.5, 0.6) is 0 Å². The molecule has 1 aromatic carbocycles. The summed E-state index contributed by atoms with van der Waals surface area (Å²) < 4.78 is 7.98. The van der Waals surface area contributed by atoms with Gasteiger partial charge in [0.25, 0.3) is 0 Å². The number of hydrogen-bond acceptors (Lipinski definition) is 3. The van der Waals surface area contributed by atoms with Crippen LogP contribution in [0.25, 0.3) is 11.0 Å². The summed E-state index contributed by atoms with van der Waals surface area (Å²) in [6.07, 6.45) is 3.26. The molecule has 1 fully saturated rings. The number of imidazole rings is 1. The lowest BCUT2D eigenvalue weighted by Gasteiger charge is -2.22. The van der Waals surface area contributed by atoms with Crippen LogP contribution in [0, 0.1) is 5.92 Å². The normalized spacial score (nSPS) is 23.8. The van der Waals surface area contributed by atoms with Crippen LogP contribution >= 0.6 is 0 Å². The number of aryl methyl sites for hydroxylation is 1. The summed E-state index contributed by atoms with van der Waals surface area (Å²) in [6.45, 7) is 6.17. The van der Waals surface area contributed by atoms with Crippen molar-refractivity contribution in [1.82, 2.24) is 9.55 Å². The van der Waals surface area contributed by atoms with Crippen molar-refractivity contribution in [1.29, 1.82) is 0 Å². The molecule has 0 amide bonds. The Hall–Kier alpha value is -1.39. The lowest BCUT2D eigenvalue weighted by atomic mass is 9.92. The van der Waals surface area contributed by atoms with Crippen molar-refractivity contribution in [3.63, 3.8) is 0 Å². The number of rotatable bonds is 5. The molecule has 0 spiro atoms. The Balaban J connectivity index is 1.87. The molecule has 4 nitrogen and oxygen atoms in total. The van der Waals surface area contributed by atoms with E-state index in [1.165, 1.54) is 5.52 Å². The first-order valence-electron chi connectivity index (χ1n) is 8.02. The maximum absolute atomic E-state index is 6.45. The molecular formula is C17H25N3O. The Labute approximate surface area is 126 Å². The molecule has 0 saturated carbocycles. The quantitative estimate of drug-likeness (QED) is 0.920. The van der Waals surface area contributed by atoms with Crippen molar-refractivity contribution >= 4 is 11.0 Å². The fraction of sp³-hybridized carbons (Fsp3) is 0.588. The molecule has 0 aliphatic carbocycles. The SMILES string of the molecule is CCCn1c(CC(N)C2CCOC2C)nc2ccccc21. The fourth-order valence-corrected chi connectivity index (χ4v) is 3.43. The van der Waals surface area contributed by atoms with Gasteiger partial charge in [0.2, 0.25) is 0 Å². The summed E-state index contributed by atoms with van der Waals surface area (Å²) in [5, 5.41) is 0. The minimum absolute atomic E-state index is 0.120. The van der Waals surface area contributed by atoms with Crippen molar-refractivity contribution in [3.05, 3.63) is 30.1 Å². The maximum Gasteiger partial charge on any atom is 0.111 e. The molecule has 0 bridgehead atoms. The number of ether oxygens (including phenoxy) is 1. The highest BCUT2D eigenvalue weighted by molar-refractivity contribution is 5.75. The largest absolute Gasteiger partial charge is 0.378 e. The lowest BCUT2D eigenvalue weighted by molar-refractivity contribution is 0.0992. The highest BCUT2D eigenvalue weighted by Gasteiger charge is 2.30. The van der Waals surface area contributed by atoms with E-state index in [0.717, 1.165) is 43.8 Å². The second-order valence-corrected chi connectivity index (χ2v) is 6.06. The first kappa shape index (κ1) is 14.5. The molecule has 3 rings (SSSR count). The van der Waals surface area contributed by atoms with Gasteiger partial charge in [0.15, 0.2) is 0 Å². The topological polar surface area (TPSA) is 53.1 Å². The number of aromatic nitrogens is 2. The summed E-state index contributed by atoms with van der Waals surface area (Å²) in [6, 6.07) is 8.47. The predicted octanol–water partition coefficient (Wildman–Crippen LogP) is 2.74. The molecule has 4 heteroatoms. The van der Waals surface area contributed by atoms with Crippen LogP contribution in [0.3, 0.4) is 0 Å². The second-order valence-electron chi connectivity index (χ2n) is 6.06. The average Bonchev–Trinajstić information content (AvgIpc) is 3.04. The molecule has 2 N–H and O–H groups in total. The van der Waals surface area contributed by atoms with Gasteiger partial charge in [0.1, 0.15) is 5.82 Å². The maximum atomic E-state index is 6.45. The van der Waals surface area contributed by atoms with Crippen LogP contribution in [0.1, 0.15) is 32.5 Å². The smallest absolute Gasteiger partial charge is 0.111 e. The van der Waals surface area contributed by atoms with E-state index in [0.29, 0.717) is 5.92 Å². The molecule has 2 heterocycles. The molecule has 1 aliphatic rings. The van der Waals surface area contributed by atoms with Crippen LogP contribution < -0.4 is 5.73 Å². The first-order chi connectivity index (χ1) is 10.2. The minimum Gasteiger partial charge on any atom is -0.378 e. The number of benzene rings is 1. The summed E-state index contributed by atoms with van der Waals surface area (Å²) in [5.74, 6) is 1.56. The van der Waals surface area contributed by atoms with Crippen molar-refractivity contribution in [3.8, 4) is 0 Å². The monoisotopic (exact) mass is 287 g/mol. The van der Waals surface area contributed by atoms with E-state index in [1.807, 2.05) is 6.07 Å². The third-order valence-electron chi connectivity index (χ3n) is 4.58. The van der Waals surface area contributed by atoms with E-state index in [2.05, 4.69) is 36.6 Å². The molecule has 1 saturated heterocycles. The van der Waals surface area contributed by atoms with E-state index in [-0.39, 0.29) is 12.1 Å². The van der Waals surface area contributed by atoms with Crippen molar-refractivity contribution in [2.24, 2.45) is 11.7 Å². The second kappa shape index (κ2) is 6.16. The van der Waals surface area contributed by atoms with Crippen LogP contribution in [0.2, 0.25) is 0 Å². The molecule has 3 unspecified atom stereocenters. The molecule has 114 valence electrons. The third kappa shape index (κ3) is 2.83. The summed E-state index contributed by atoms with van der Waals surface area (Å²) in [4.78, 5) is 4.81. The van der Waals surface area contributed by atoms with E-state index >= 15 is 0 Å². The first-order valence-corrected chi connectivity index (χ1v) is 8.02. The zero-order chi connectivity index (χ0) is 14.8. The van der Waals surface area contributed by atoms with Gasteiger partial charge in [-0.3, -0.25) is 0 Å². The van der Waals surface area contributed by atoms with Gasteiger partial charge in [-0.2, -0.15) is 0 Å². The third-order valence-corrected chi connectivity index (χ3v) is 4.58. The van der Waals surface area contributed by atoms with Gasteiger partial charge in [-0.05, 0) is 31.9 Å². The molecule has 1 aliphatic heterocycles. The molecule has 1 aromatic heterocycles. The molecule has 0 radical (unpaired) electrons. The number of nitrogens with zero attached hydrogens (tertiary/aromatic N) is 2. The van der Waals surface area contributed by atoms with Crippen LogP contribution in [0.4, 0.5) is 0 Å². The van der Waals surface area contributed by atoms with Gasteiger partial charge in [0, 0.05) is 31.5 Å². The Morgan fingerprint density at radius 1 is 1.43 bits per heavy atom. The number of para-hydroxylation sites is 2. The summed E-state index contributed by atoms with van der Waals surface area (Å²) in [5.41, 5.74) is 8.75. The Morgan fingerprint density at radius 3 is 2.95 bits per heavy atom. The van der Waals surface area contributed by atoms with Crippen molar-refractivity contribution in [2.75, 3.05) is 6.61 Å². The Morgan fingerprint density at radius 2 is 2.24 bits per heavy atom. The highest BCUT2D eigenvalue weighted by Crippen LogP contribution is 2.26. The highest BCUT2D eigenvalue weighted by atomic mass is 16.5. The molecule has 2 aromatic rings. The Bertz CT molecular complexity index is 607. The van der Waals surface area contributed by atoms with Gasteiger partial charge in [0.05, 0.1) is 17.1 Å². The van der Waals surface area contributed by atoms with Crippen molar-refractivity contribution < 1.29 is 4.74 Å². The van der Waals surface area contributed by atoms with Gasteiger partial charge >= 0.3 is 0 Å².